The fourth-order valence-corrected chi connectivity index (χ4v) is 3.34. The van der Waals surface area contributed by atoms with Gasteiger partial charge in [-0.25, -0.2) is 0 Å². The smallest absolute Gasteiger partial charge is 0.143 e. The largest absolute Gasteiger partial charge is 0.348 e. The van der Waals surface area contributed by atoms with Gasteiger partial charge in [-0.15, -0.1) is 0 Å². The van der Waals surface area contributed by atoms with Gasteiger partial charge in [0.05, 0.1) is 6.07 Å². The minimum absolute atomic E-state index is 0.291. The number of hydrogen-bond donors (Lipinski definition) is 0. The van der Waals surface area contributed by atoms with E-state index in [0.29, 0.717) is 0 Å². The van der Waals surface area contributed by atoms with Gasteiger partial charge in [0.1, 0.15) is 6.04 Å². The number of fused-ring (bicyclic) bond motifs is 3. The predicted molar refractivity (Wildman–Crippen MR) is 92.9 cm³/mol. The van der Waals surface area contributed by atoms with Crippen molar-refractivity contribution in [3.8, 4) is 17.2 Å². The molecule has 1 unspecified atom stereocenters. The van der Waals surface area contributed by atoms with E-state index in [1.54, 1.807) is 0 Å². The first-order valence-electron chi connectivity index (χ1n) is 7.77. The van der Waals surface area contributed by atoms with Crippen LogP contribution in [0.4, 0.5) is 5.69 Å². The van der Waals surface area contributed by atoms with E-state index < -0.39 is 0 Å². The van der Waals surface area contributed by atoms with Crippen molar-refractivity contribution < 1.29 is 0 Å². The van der Waals surface area contributed by atoms with Crippen LogP contribution >= 0.6 is 0 Å². The maximum Gasteiger partial charge on any atom is 0.143 e. The van der Waals surface area contributed by atoms with E-state index in [4.69, 9.17) is 0 Å². The van der Waals surface area contributed by atoms with Crippen LogP contribution < -0.4 is 4.90 Å². The van der Waals surface area contributed by atoms with Crippen LogP contribution in [0.15, 0.2) is 78.9 Å². The van der Waals surface area contributed by atoms with E-state index in [-0.39, 0.29) is 6.04 Å². The molecule has 0 aliphatic carbocycles. The van der Waals surface area contributed by atoms with Crippen LogP contribution in [0, 0.1) is 11.3 Å². The molecule has 3 aromatic carbocycles. The molecule has 23 heavy (non-hydrogen) atoms. The quantitative estimate of drug-likeness (QED) is 0.636. The number of nitrogens with zero attached hydrogens (tertiary/aromatic N) is 2. The van der Waals surface area contributed by atoms with Crippen LogP contribution in [-0.2, 0) is 6.54 Å². The summed E-state index contributed by atoms with van der Waals surface area (Å²) in [6.45, 7) is 0.729. The molecule has 1 heterocycles. The molecule has 4 rings (SSSR count). The van der Waals surface area contributed by atoms with Gasteiger partial charge in [-0.2, -0.15) is 5.26 Å². The molecule has 1 aliphatic rings. The highest BCUT2D eigenvalue weighted by atomic mass is 15.2. The lowest BCUT2D eigenvalue weighted by Crippen LogP contribution is -2.26. The van der Waals surface area contributed by atoms with E-state index in [0.717, 1.165) is 23.4 Å². The summed E-state index contributed by atoms with van der Waals surface area (Å²) in [7, 11) is 0. The van der Waals surface area contributed by atoms with E-state index in [1.165, 1.54) is 11.1 Å². The summed E-state index contributed by atoms with van der Waals surface area (Å²) in [6.07, 6.45) is 0. The zero-order chi connectivity index (χ0) is 15.6. The number of anilines is 1. The molecule has 0 saturated carbocycles. The van der Waals surface area contributed by atoms with Crippen molar-refractivity contribution in [2.24, 2.45) is 0 Å². The van der Waals surface area contributed by atoms with Gasteiger partial charge in [-0.3, -0.25) is 0 Å². The Balaban J connectivity index is 1.97. The first kappa shape index (κ1) is 13.6. The Morgan fingerprint density at radius 2 is 1.43 bits per heavy atom. The van der Waals surface area contributed by atoms with E-state index >= 15 is 0 Å². The topological polar surface area (TPSA) is 27.0 Å². The molecule has 2 nitrogen and oxygen atoms in total. The van der Waals surface area contributed by atoms with Gasteiger partial charge in [0.25, 0.3) is 0 Å². The molecule has 110 valence electrons. The molecule has 0 radical (unpaired) electrons. The third-order valence-electron chi connectivity index (χ3n) is 4.43. The van der Waals surface area contributed by atoms with Crippen molar-refractivity contribution in [3.05, 3.63) is 90.0 Å². The van der Waals surface area contributed by atoms with E-state index in [9.17, 15) is 5.26 Å². The summed E-state index contributed by atoms with van der Waals surface area (Å²) in [5, 5.41) is 9.88. The number of nitriles is 1. The Kier molecular flexibility index (Phi) is 3.33. The Hall–Kier alpha value is -3.05. The summed E-state index contributed by atoms with van der Waals surface area (Å²) in [5.41, 5.74) is 5.78. The SMILES string of the molecule is N#CC1c2ccccc2-c2ccccc2CN1c1ccccc1. The second-order valence-corrected chi connectivity index (χ2v) is 5.74. The van der Waals surface area contributed by atoms with Crippen LogP contribution in [-0.4, -0.2) is 0 Å². The lowest BCUT2D eigenvalue weighted by atomic mass is 9.94. The minimum atomic E-state index is -0.291. The average Bonchev–Trinajstić information content (AvgIpc) is 2.77. The lowest BCUT2D eigenvalue weighted by Gasteiger charge is -2.28. The molecule has 1 aliphatic heterocycles. The highest BCUT2D eigenvalue weighted by molar-refractivity contribution is 5.75. The summed E-state index contributed by atoms with van der Waals surface area (Å²) >= 11 is 0. The van der Waals surface area contributed by atoms with Gasteiger partial charge in [0.2, 0.25) is 0 Å². The van der Waals surface area contributed by atoms with Crippen molar-refractivity contribution in [1.82, 2.24) is 0 Å². The molecule has 0 spiro atoms. The summed E-state index contributed by atoms with van der Waals surface area (Å²) in [6, 6.07) is 29.1. The van der Waals surface area contributed by atoms with Crippen LogP contribution in [0.3, 0.4) is 0 Å². The first-order chi connectivity index (χ1) is 11.4. The van der Waals surface area contributed by atoms with Gasteiger partial charge in [-0.05, 0) is 34.4 Å². The number of rotatable bonds is 1. The number of hydrogen-bond acceptors (Lipinski definition) is 2. The molecule has 0 N–H and O–H groups in total. The number of para-hydroxylation sites is 1. The lowest BCUT2D eigenvalue weighted by molar-refractivity contribution is 0.742. The third kappa shape index (κ3) is 2.27. The van der Waals surface area contributed by atoms with Crippen molar-refractivity contribution in [2.45, 2.75) is 12.6 Å². The summed E-state index contributed by atoms with van der Waals surface area (Å²) < 4.78 is 0. The molecule has 1 atom stereocenters. The zero-order valence-electron chi connectivity index (χ0n) is 12.7. The Labute approximate surface area is 136 Å². The Bertz CT molecular complexity index is 878. The van der Waals surface area contributed by atoms with Crippen molar-refractivity contribution in [2.75, 3.05) is 4.90 Å². The van der Waals surface area contributed by atoms with Crippen molar-refractivity contribution >= 4 is 5.69 Å². The van der Waals surface area contributed by atoms with Gasteiger partial charge in [-0.1, -0.05) is 66.7 Å². The number of benzene rings is 3. The molecule has 0 amide bonds. The maximum absolute atomic E-state index is 9.88. The zero-order valence-corrected chi connectivity index (χ0v) is 12.7. The van der Waals surface area contributed by atoms with Crippen LogP contribution in [0.1, 0.15) is 17.2 Å². The van der Waals surface area contributed by atoms with Crippen LogP contribution in [0.25, 0.3) is 11.1 Å². The molecule has 0 aromatic heterocycles. The van der Waals surface area contributed by atoms with Crippen LogP contribution in [0.5, 0.6) is 0 Å². The molecular formula is C21H16N2. The van der Waals surface area contributed by atoms with Gasteiger partial charge in [0.15, 0.2) is 0 Å². The van der Waals surface area contributed by atoms with Crippen LogP contribution in [0.2, 0.25) is 0 Å². The molecule has 0 fully saturated rings. The Morgan fingerprint density at radius 1 is 0.783 bits per heavy atom. The fraction of sp³-hybridized carbons (Fsp3) is 0.0952. The maximum atomic E-state index is 9.88. The van der Waals surface area contributed by atoms with Crippen molar-refractivity contribution in [3.63, 3.8) is 0 Å². The van der Waals surface area contributed by atoms with Gasteiger partial charge >= 0.3 is 0 Å². The van der Waals surface area contributed by atoms with Gasteiger partial charge in [0, 0.05) is 12.2 Å². The summed E-state index contributed by atoms with van der Waals surface area (Å²) in [4.78, 5) is 2.19. The molecule has 0 saturated heterocycles. The minimum Gasteiger partial charge on any atom is -0.348 e. The van der Waals surface area contributed by atoms with Crippen molar-refractivity contribution in [1.29, 1.82) is 5.26 Å². The van der Waals surface area contributed by atoms with E-state index in [1.807, 2.05) is 30.3 Å². The second kappa shape index (κ2) is 5.62. The highest BCUT2D eigenvalue weighted by Gasteiger charge is 2.28. The second-order valence-electron chi connectivity index (χ2n) is 5.74. The normalized spacial score (nSPS) is 16.0. The summed E-state index contributed by atoms with van der Waals surface area (Å²) in [5.74, 6) is 0. The standard InChI is InChI=1S/C21H16N2/c22-14-21-20-13-7-6-12-19(20)18-11-5-4-8-16(18)15-23(21)17-9-2-1-3-10-17/h1-13,21H,15H2. The average molecular weight is 296 g/mol. The predicted octanol–water partition coefficient (Wildman–Crippen LogP) is 4.94. The molecule has 2 heteroatoms. The monoisotopic (exact) mass is 296 g/mol. The third-order valence-corrected chi connectivity index (χ3v) is 4.43. The first-order valence-corrected chi connectivity index (χ1v) is 7.77. The molecule has 3 aromatic rings. The van der Waals surface area contributed by atoms with E-state index in [2.05, 4.69) is 59.5 Å². The Morgan fingerprint density at radius 3 is 2.22 bits per heavy atom. The fourth-order valence-electron chi connectivity index (χ4n) is 3.34. The molecular weight excluding hydrogens is 280 g/mol. The van der Waals surface area contributed by atoms with Gasteiger partial charge < -0.3 is 4.90 Å². The molecule has 0 bridgehead atoms. The highest BCUT2D eigenvalue weighted by Crippen LogP contribution is 2.39.